The van der Waals surface area contributed by atoms with Crippen LogP contribution in [0.15, 0.2) is 18.2 Å². The molecule has 1 amide bonds. The summed E-state index contributed by atoms with van der Waals surface area (Å²) in [5.74, 6) is 0.539. The van der Waals surface area contributed by atoms with Gasteiger partial charge in [-0.15, -0.1) is 0 Å². The normalized spacial score (nSPS) is 10.1. The molecule has 4 nitrogen and oxygen atoms in total. The first-order valence-electron chi connectivity index (χ1n) is 5.49. The summed E-state index contributed by atoms with van der Waals surface area (Å²) >= 11 is 6.05. The van der Waals surface area contributed by atoms with Gasteiger partial charge in [0, 0.05) is 7.05 Å². The van der Waals surface area contributed by atoms with Crippen LogP contribution in [-0.4, -0.2) is 26.1 Å². The largest absolute Gasteiger partial charge is 0.491 e. The molecule has 0 aliphatic carbocycles. The van der Waals surface area contributed by atoms with Gasteiger partial charge in [-0.25, -0.2) is 0 Å². The van der Waals surface area contributed by atoms with Crippen LogP contribution in [0, 0.1) is 0 Å². The van der Waals surface area contributed by atoms with Crippen LogP contribution in [0.25, 0.3) is 0 Å². The van der Waals surface area contributed by atoms with E-state index in [2.05, 4.69) is 5.32 Å². The summed E-state index contributed by atoms with van der Waals surface area (Å²) in [7, 11) is 1.59. The Balaban J connectivity index is 2.51. The minimum Gasteiger partial charge on any atom is -0.491 e. The van der Waals surface area contributed by atoms with E-state index in [0.29, 0.717) is 30.3 Å². The molecule has 0 radical (unpaired) electrons. The Morgan fingerprint density at radius 2 is 2.29 bits per heavy atom. The highest BCUT2D eigenvalue weighted by Gasteiger charge is 2.04. The van der Waals surface area contributed by atoms with Crippen LogP contribution in [0.4, 0.5) is 0 Å². The van der Waals surface area contributed by atoms with E-state index in [1.54, 1.807) is 13.1 Å². The first-order valence-corrected chi connectivity index (χ1v) is 5.87. The average molecular weight is 257 g/mol. The number of nitrogens with one attached hydrogen (secondary N) is 1. The molecule has 0 saturated carbocycles. The SMILES string of the molecule is CNC(=O)CCOc1ccc(CCN)cc1Cl. The zero-order chi connectivity index (χ0) is 12.7. The van der Waals surface area contributed by atoms with Crippen molar-refractivity contribution in [2.75, 3.05) is 20.2 Å². The molecular formula is C12H17ClN2O2. The number of carbonyl (C=O) groups is 1. The highest BCUT2D eigenvalue weighted by Crippen LogP contribution is 2.25. The summed E-state index contributed by atoms with van der Waals surface area (Å²) in [5.41, 5.74) is 6.54. The van der Waals surface area contributed by atoms with E-state index in [1.165, 1.54) is 0 Å². The Kier molecular flexibility index (Phi) is 5.80. The van der Waals surface area contributed by atoms with Crippen molar-refractivity contribution >= 4 is 17.5 Å². The topological polar surface area (TPSA) is 64.3 Å². The maximum absolute atomic E-state index is 11.0. The van der Waals surface area contributed by atoms with Gasteiger partial charge in [-0.05, 0) is 30.7 Å². The van der Waals surface area contributed by atoms with Gasteiger partial charge in [0.25, 0.3) is 0 Å². The van der Waals surface area contributed by atoms with E-state index < -0.39 is 0 Å². The molecule has 5 heteroatoms. The molecule has 1 aromatic carbocycles. The minimum atomic E-state index is -0.0547. The number of halogens is 1. The molecule has 0 fully saturated rings. The monoisotopic (exact) mass is 256 g/mol. The van der Waals surface area contributed by atoms with Crippen LogP contribution in [0.2, 0.25) is 5.02 Å². The van der Waals surface area contributed by atoms with Gasteiger partial charge in [0.15, 0.2) is 0 Å². The summed E-state index contributed by atoms with van der Waals surface area (Å²) in [6.45, 7) is 0.906. The van der Waals surface area contributed by atoms with Crippen LogP contribution >= 0.6 is 11.6 Å². The predicted molar refractivity (Wildman–Crippen MR) is 68.4 cm³/mol. The molecule has 17 heavy (non-hydrogen) atoms. The number of rotatable bonds is 6. The van der Waals surface area contributed by atoms with E-state index in [9.17, 15) is 4.79 Å². The molecule has 0 saturated heterocycles. The van der Waals surface area contributed by atoms with Crippen molar-refractivity contribution < 1.29 is 9.53 Å². The van der Waals surface area contributed by atoms with Crippen LogP contribution in [0.5, 0.6) is 5.75 Å². The Bertz CT molecular complexity index is 383. The van der Waals surface area contributed by atoms with E-state index >= 15 is 0 Å². The van der Waals surface area contributed by atoms with Gasteiger partial charge >= 0.3 is 0 Å². The number of benzene rings is 1. The third-order valence-corrected chi connectivity index (χ3v) is 2.59. The molecule has 0 bridgehead atoms. The Morgan fingerprint density at radius 3 is 2.88 bits per heavy atom. The van der Waals surface area contributed by atoms with Crippen LogP contribution in [0.3, 0.4) is 0 Å². The van der Waals surface area contributed by atoms with E-state index in [1.807, 2.05) is 12.1 Å². The maximum atomic E-state index is 11.0. The van der Waals surface area contributed by atoms with Gasteiger partial charge in [0.2, 0.25) is 5.91 Å². The van der Waals surface area contributed by atoms with Crippen molar-refractivity contribution in [2.45, 2.75) is 12.8 Å². The molecule has 94 valence electrons. The molecular weight excluding hydrogens is 240 g/mol. The van der Waals surface area contributed by atoms with Gasteiger partial charge < -0.3 is 15.8 Å². The smallest absolute Gasteiger partial charge is 0.223 e. The number of ether oxygens (including phenoxy) is 1. The van der Waals surface area contributed by atoms with Crippen molar-refractivity contribution in [3.05, 3.63) is 28.8 Å². The van der Waals surface area contributed by atoms with E-state index in [0.717, 1.165) is 12.0 Å². The molecule has 3 N–H and O–H groups in total. The fourth-order valence-electron chi connectivity index (χ4n) is 1.36. The Morgan fingerprint density at radius 1 is 1.53 bits per heavy atom. The number of amides is 1. The molecule has 0 spiro atoms. The lowest BCUT2D eigenvalue weighted by atomic mass is 10.1. The third kappa shape index (κ3) is 4.63. The lowest BCUT2D eigenvalue weighted by Gasteiger charge is -2.08. The standard InChI is InChI=1S/C12H17ClN2O2/c1-15-12(16)5-7-17-11-3-2-9(4-6-14)8-10(11)13/h2-3,8H,4-7,14H2,1H3,(H,15,16). The van der Waals surface area contributed by atoms with Gasteiger partial charge in [0.1, 0.15) is 5.75 Å². The number of nitrogens with two attached hydrogens (primary N) is 1. The van der Waals surface area contributed by atoms with Crippen molar-refractivity contribution in [3.8, 4) is 5.75 Å². The van der Waals surface area contributed by atoms with Gasteiger partial charge in [0.05, 0.1) is 18.1 Å². The predicted octanol–water partition coefficient (Wildman–Crippen LogP) is 1.36. The summed E-state index contributed by atoms with van der Waals surface area (Å²) in [6.07, 6.45) is 1.11. The second kappa shape index (κ2) is 7.14. The van der Waals surface area contributed by atoms with Crippen molar-refractivity contribution in [3.63, 3.8) is 0 Å². The molecule has 0 heterocycles. The third-order valence-electron chi connectivity index (χ3n) is 2.29. The summed E-state index contributed by atoms with van der Waals surface area (Å²) in [5, 5.41) is 3.07. The van der Waals surface area contributed by atoms with Crippen molar-refractivity contribution in [1.82, 2.24) is 5.32 Å². The van der Waals surface area contributed by atoms with E-state index in [4.69, 9.17) is 22.1 Å². The van der Waals surface area contributed by atoms with Crippen LogP contribution in [-0.2, 0) is 11.2 Å². The second-order valence-electron chi connectivity index (χ2n) is 3.58. The highest BCUT2D eigenvalue weighted by molar-refractivity contribution is 6.32. The molecule has 0 atom stereocenters. The lowest BCUT2D eigenvalue weighted by Crippen LogP contribution is -2.20. The number of hydrogen-bond donors (Lipinski definition) is 2. The minimum absolute atomic E-state index is 0.0547. The molecule has 0 aromatic heterocycles. The van der Waals surface area contributed by atoms with Crippen molar-refractivity contribution in [2.24, 2.45) is 5.73 Å². The van der Waals surface area contributed by atoms with Crippen molar-refractivity contribution in [1.29, 1.82) is 0 Å². The lowest BCUT2D eigenvalue weighted by molar-refractivity contribution is -0.121. The summed E-state index contributed by atoms with van der Waals surface area (Å²) in [6, 6.07) is 5.56. The fraction of sp³-hybridized carbons (Fsp3) is 0.417. The second-order valence-corrected chi connectivity index (χ2v) is 3.98. The van der Waals surface area contributed by atoms with Gasteiger partial charge in [-0.1, -0.05) is 17.7 Å². The Labute approximate surface area is 106 Å². The molecule has 1 rings (SSSR count). The van der Waals surface area contributed by atoms with Gasteiger partial charge in [-0.2, -0.15) is 0 Å². The van der Waals surface area contributed by atoms with E-state index in [-0.39, 0.29) is 5.91 Å². The van der Waals surface area contributed by atoms with Crippen LogP contribution in [0.1, 0.15) is 12.0 Å². The molecule has 0 unspecified atom stereocenters. The fourth-order valence-corrected chi connectivity index (χ4v) is 1.62. The zero-order valence-corrected chi connectivity index (χ0v) is 10.6. The molecule has 1 aromatic rings. The number of hydrogen-bond acceptors (Lipinski definition) is 3. The highest BCUT2D eigenvalue weighted by atomic mass is 35.5. The maximum Gasteiger partial charge on any atom is 0.223 e. The summed E-state index contributed by atoms with van der Waals surface area (Å²) < 4.78 is 5.42. The summed E-state index contributed by atoms with van der Waals surface area (Å²) in [4.78, 5) is 11.0. The zero-order valence-electron chi connectivity index (χ0n) is 9.83. The first-order chi connectivity index (χ1) is 8.17. The molecule has 0 aliphatic heterocycles. The van der Waals surface area contributed by atoms with Crippen LogP contribution < -0.4 is 15.8 Å². The van der Waals surface area contributed by atoms with Gasteiger partial charge in [-0.3, -0.25) is 4.79 Å². The molecule has 0 aliphatic rings. The average Bonchev–Trinajstić information content (AvgIpc) is 2.32. The quantitative estimate of drug-likeness (QED) is 0.808. The Hall–Kier alpha value is -1.26. The first kappa shape index (κ1) is 13.8. The number of carbonyl (C=O) groups excluding carboxylic acids is 1.